The minimum atomic E-state index is -0.765. The molecule has 0 spiro atoms. The minimum Gasteiger partial charge on any atom is -0.472 e. The van der Waals surface area contributed by atoms with Crippen molar-refractivity contribution in [3.63, 3.8) is 0 Å². The Kier molecular flexibility index (Phi) is 1.97. The molecule has 1 atom stereocenters. The molecule has 1 aliphatic rings. The number of carbonyl (C=O) groups excluding carboxylic acids is 1. The van der Waals surface area contributed by atoms with Crippen molar-refractivity contribution in [3.05, 3.63) is 54.2 Å². The number of aromatic nitrogens is 2. The summed E-state index contributed by atoms with van der Waals surface area (Å²) >= 11 is 0. The van der Waals surface area contributed by atoms with Gasteiger partial charge in [0.25, 0.3) is 0 Å². The summed E-state index contributed by atoms with van der Waals surface area (Å²) < 4.78 is 11.2. The fraction of sp³-hybridized carbons (Fsp3) is 0.0714. The highest BCUT2D eigenvalue weighted by atomic mass is 16.5. The van der Waals surface area contributed by atoms with Crippen LogP contribution in [0.15, 0.2) is 47.1 Å². The monoisotopic (exact) mass is 252 g/mol. The van der Waals surface area contributed by atoms with Gasteiger partial charge in [-0.1, -0.05) is 0 Å². The molecule has 0 aromatic carbocycles. The van der Waals surface area contributed by atoms with E-state index in [4.69, 9.17) is 9.15 Å². The van der Waals surface area contributed by atoms with E-state index < -0.39 is 6.10 Å². The van der Waals surface area contributed by atoms with Crippen LogP contribution in [0.5, 0.6) is 5.75 Å². The van der Waals surface area contributed by atoms with Gasteiger partial charge < -0.3 is 9.15 Å². The van der Waals surface area contributed by atoms with Crippen LogP contribution in [0.1, 0.15) is 22.4 Å². The largest absolute Gasteiger partial charge is 0.472 e. The number of pyridine rings is 2. The van der Waals surface area contributed by atoms with E-state index in [0.29, 0.717) is 28.3 Å². The van der Waals surface area contributed by atoms with Crippen molar-refractivity contribution in [1.29, 1.82) is 0 Å². The highest BCUT2D eigenvalue weighted by Crippen LogP contribution is 2.36. The number of ketones is 1. The van der Waals surface area contributed by atoms with Crippen LogP contribution in [-0.2, 0) is 0 Å². The number of ether oxygens (including phenoxy) is 1. The zero-order valence-electron chi connectivity index (χ0n) is 9.74. The third-order valence-corrected chi connectivity index (χ3v) is 3.05. The molecule has 0 N–H and O–H groups in total. The molecular weight excluding hydrogens is 244 g/mol. The van der Waals surface area contributed by atoms with Crippen molar-refractivity contribution in [3.8, 4) is 5.75 Å². The van der Waals surface area contributed by atoms with E-state index in [9.17, 15) is 4.79 Å². The van der Waals surface area contributed by atoms with E-state index in [2.05, 4.69) is 9.97 Å². The number of rotatable bonds is 1. The van der Waals surface area contributed by atoms with Gasteiger partial charge in [0.2, 0.25) is 11.9 Å². The van der Waals surface area contributed by atoms with Crippen molar-refractivity contribution in [2.24, 2.45) is 0 Å². The topological polar surface area (TPSA) is 65.2 Å². The summed E-state index contributed by atoms with van der Waals surface area (Å²) in [7, 11) is 0. The summed E-state index contributed by atoms with van der Waals surface area (Å²) in [5, 5.41) is 0. The van der Waals surface area contributed by atoms with Gasteiger partial charge in [-0.05, 0) is 24.3 Å². The Morgan fingerprint density at radius 1 is 1.11 bits per heavy atom. The molecule has 3 aromatic heterocycles. The highest BCUT2D eigenvalue weighted by molar-refractivity contribution is 6.03. The van der Waals surface area contributed by atoms with Gasteiger partial charge in [-0.15, -0.1) is 0 Å². The Hall–Kier alpha value is -2.69. The summed E-state index contributed by atoms with van der Waals surface area (Å²) in [6.45, 7) is 0. The van der Waals surface area contributed by atoms with Gasteiger partial charge in [0.05, 0.1) is 0 Å². The lowest BCUT2D eigenvalue weighted by Gasteiger charge is -2.04. The number of hydrogen-bond acceptors (Lipinski definition) is 5. The Labute approximate surface area is 107 Å². The standard InChI is InChI=1S/C14H8N2O3/c17-13-12-10(4-2-6-16-12)19-14(13)11-7-8-9(18-11)3-1-5-15-8/h1-7,14H. The Balaban J connectivity index is 1.81. The second kappa shape index (κ2) is 3.65. The number of furan rings is 1. The maximum absolute atomic E-state index is 12.2. The molecule has 0 saturated heterocycles. The molecule has 1 aliphatic heterocycles. The fourth-order valence-electron chi connectivity index (χ4n) is 2.18. The third kappa shape index (κ3) is 1.45. The average molecular weight is 252 g/mol. The molecule has 0 bridgehead atoms. The van der Waals surface area contributed by atoms with Crippen molar-refractivity contribution in [2.45, 2.75) is 6.10 Å². The molecule has 0 radical (unpaired) electrons. The predicted octanol–water partition coefficient (Wildman–Crippen LogP) is 2.54. The van der Waals surface area contributed by atoms with E-state index in [1.54, 1.807) is 42.7 Å². The van der Waals surface area contributed by atoms with Crippen LogP contribution < -0.4 is 4.74 Å². The van der Waals surface area contributed by atoms with Crippen LogP contribution in [0.4, 0.5) is 0 Å². The zero-order chi connectivity index (χ0) is 12.8. The van der Waals surface area contributed by atoms with Crippen molar-refractivity contribution >= 4 is 16.9 Å². The number of carbonyl (C=O) groups is 1. The lowest BCUT2D eigenvalue weighted by atomic mass is 10.1. The molecule has 4 heterocycles. The van der Waals surface area contributed by atoms with E-state index in [1.807, 2.05) is 0 Å². The van der Waals surface area contributed by atoms with Gasteiger partial charge in [-0.25, -0.2) is 4.98 Å². The molecule has 5 nitrogen and oxygen atoms in total. The van der Waals surface area contributed by atoms with Crippen molar-refractivity contribution in [2.75, 3.05) is 0 Å². The van der Waals surface area contributed by atoms with E-state index in [1.165, 1.54) is 0 Å². The van der Waals surface area contributed by atoms with Crippen LogP contribution in [0, 0.1) is 0 Å². The normalized spacial score (nSPS) is 17.5. The summed E-state index contributed by atoms with van der Waals surface area (Å²) in [5.41, 5.74) is 1.69. The molecular formula is C14H8N2O3. The summed E-state index contributed by atoms with van der Waals surface area (Å²) in [6.07, 6.45) is 2.48. The molecule has 92 valence electrons. The maximum Gasteiger partial charge on any atom is 0.233 e. The van der Waals surface area contributed by atoms with Gasteiger partial charge in [0.1, 0.15) is 5.52 Å². The van der Waals surface area contributed by atoms with Crippen LogP contribution in [-0.4, -0.2) is 15.8 Å². The zero-order valence-corrected chi connectivity index (χ0v) is 9.74. The maximum atomic E-state index is 12.2. The summed E-state index contributed by atoms with van der Waals surface area (Å²) in [5.74, 6) is 0.761. The first kappa shape index (κ1) is 10.3. The van der Waals surface area contributed by atoms with Crippen molar-refractivity contribution in [1.82, 2.24) is 9.97 Å². The average Bonchev–Trinajstić information content (AvgIpc) is 3.00. The van der Waals surface area contributed by atoms with Crippen LogP contribution >= 0.6 is 0 Å². The first-order valence-electron chi connectivity index (χ1n) is 5.83. The van der Waals surface area contributed by atoms with Gasteiger partial charge in [0.15, 0.2) is 22.8 Å². The van der Waals surface area contributed by atoms with E-state index >= 15 is 0 Å². The molecule has 4 rings (SSSR count). The van der Waals surface area contributed by atoms with Crippen LogP contribution in [0.25, 0.3) is 11.1 Å². The Morgan fingerprint density at radius 3 is 2.79 bits per heavy atom. The lowest BCUT2D eigenvalue weighted by Crippen LogP contribution is -2.10. The van der Waals surface area contributed by atoms with Crippen LogP contribution in [0.2, 0.25) is 0 Å². The molecule has 5 heteroatoms. The SMILES string of the molecule is O=C1c2ncccc2OC1c1cc2ncccc2o1. The molecule has 19 heavy (non-hydrogen) atoms. The first-order valence-corrected chi connectivity index (χ1v) is 5.83. The van der Waals surface area contributed by atoms with Gasteiger partial charge in [-0.2, -0.15) is 0 Å². The summed E-state index contributed by atoms with van der Waals surface area (Å²) in [4.78, 5) is 20.4. The number of nitrogens with zero attached hydrogens (tertiary/aromatic N) is 2. The number of Topliss-reactive ketones (excluding diaryl/α,β-unsaturated/α-hetero) is 1. The molecule has 3 aromatic rings. The molecule has 0 saturated carbocycles. The number of hydrogen-bond donors (Lipinski definition) is 0. The van der Waals surface area contributed by atoms with Gasteiger partial charge in [-0.3, -0.25) is 9.78 Å². The van der Waals surface area contributed by atoms with Gasteiger partial charge >= 0.3 is 0 Å². The van der Waals surface area contributed by atoms with Crippen LogP contribution in [0.3, 0.4) is 0 Å². The second-order valence-electron chi connectivity index (χ2n) is 4.25. The molecule has 0 aliphatic carbocycles. The minimum absolute atomic E-state index is 0.186. The lowest BCUT2D eigenvalue weighted by molar-refractivity contribution is 0.0828. The van der Waals surface area contributed by atoms with Crippen molar-refractivity contribution < 1.29 is 13.9 Å². The summed E-state index contributed by atoms with van der Waals surface area (Å²) in [6, 6.07) is 8.76. The van der Waals surface area contributed by atoms with Gasteiger partial charge in [0, 0.05) is 18.5 Å². The Morgan fingerprint density at radius 2 is 1.95 bits per heavy atom. The molecule has 0 fully saturated rings. The third-order valence-electron chi connectivity index (χ3n) is 3.05. The van der Waals surface area contributed by atoms with E-state index in [0.717, 1.165) is 0 Å². The highest BCUT2D eigenvalue weighted by Gasteiger charge is 2.37. The second-order valence-corrected chi connectivity index (χ2v) is 4.25. The molecule has 0 amide bonds. The Bertz CT molecular complexity index is 761. The fourth-order valence-corrected chi connectivity index (χ4v) is 2.18. The predicted molar refractivity (Wildman–Crippen MR) is 65.9 cm³/mol. The smallest absolute Gasteiger partial charge is 0.233 e. The number of fused-ring (bicyclic) bond motifs is 2. The van der Waals surface area contributed by atoms with E-state index in [-0.39, 0.29) is 5.78 Å². The molecule has 1 unspecified atom stereocenters. The first-order chi connectivity index (χ1) is 9.33. The quantitative estimate of drug-likeness (QED) is 0.665.